The third-order valence-electron chi connectivity index (χ3n) is 3.09. The molecular weight excluding hydrogens is 308 g/mol. The van der Waals surface area contributed by atoms with Crippen LogP contribution >= 0.6 is 22.7 Å². The van der Waals surface area contributed by atoms with Gasteiger partial charge >= 0.3 is 0 Å². The molecule has 3 rings (SSSR count). The second-order valence-electron chi connectivity index (χ2n) is 4.73. The van der Waals surface area contributed by atoms with Crippen LogP contribution in [0.1, 0.15) is 12.6 Å². The summed E-state index contributed by atoms with van der Waals surface area (Å²) in [7, 11) is 0. The van der Waals surface area contributed by atoms with E-state index in [2.05, 4.69) is 15.2 Å². The van der Waals surface area contributed by atoms with Crippen molar-refractivity contribution < 1.29 is 9.53 Å². The maximum absolute atomic E-state index is 11.1. The van der Waals surface area contributed by atoms with E-state index in [9.17, 15) is 4.79 Å². The van der Waals surface area contributed by atoms with Crippen molar-refractivity contribution in [3.8, 4) is 10.6 Å². The molecule has 1 fully saturated rings. The predicted molar refractivity (Wildman–Crippen MR) is 85.3 cm³/mol. The largest absolute Gasteiger partial charge is 0.378 e. The van der Waals surface area contributed by atoms with Crippen molar-refractivity contribution in [2.45, 2.75) is 13.8 Å². The van der Waals surface area contributed by atoms with Gasteiger partial charge in [0.15, 0.2) is 10.3 Å². The van der Waals surface area contributed by atoms with Gasteiger partial charge in [-0.25, -0.2) is 9.97 Å². The van der Waals surface area contributed by atoms with Crippen molar-refractivity contribution in [1.82, 2.24) is 9.97 Å². The number of ether oxygens (including phenoxy) is 1. The number of hydrogen-bond donors (Lipinski definition) is 1. The molecule has 2 aromatic heterocycles. The molecule has 3 heterocycles. The van der Waals surface area contributed by atoms with Gasteiger partial charge in [-0.2, -0.15) is 0 Å². The van der Waals surface area contributed by atoms with E-state index >= 15 is 0 Å². The van der Waals surface area contributed by atoms with Crippen molar-refractivity contribution >= 4 is 38.8 Å². The van der Waals surface area contributed by atoms with E-state index in [1.165, 1.54) is 18.3 Å². The Morgan fingerprint density at radius 2 is 2.14 bits per heavy atom. The fourth-order valence-corrected chi connectivity index (χ4v) is 4.02. The van der Waals surface area contributed by atoms with Crippen LogP contribution in [0.4, 0.5) is 10.3 Å². The van der Waals surface area contributed by atoms with Crippen LogP contribution < -0.4 is 10.2 Å². The van der Waals surface area contributed by atoms with Gasteiger partial charge in [0.25, 0.3) is 0 Å². The number of thiazole rings is 2. The highest BCUT2D eigenvalue weighted by Gasteiger charge is 2.18. The third-order valence-corrected chi connectivity index (χ3v) is 5.08. The summed E-state index contributed by atoms with van der Waals surface area (Å²) in [4.78, 5) is 23.4. The van der Waals surface area contributed by atoms with Crippen LogP contribution in [0.3, 0.4) is 0 Å². The van der Waals surface area contributed by atoms with Gasteiger partial charge in [0.05, 0.1) is 29.5 Å². The number of hydrogen-bond acceptors (Lipinski definition) is 7. The lowest BCUT2D eigenvalue weighted by molar-refractivity contribution is -0.114. The second-order valence-corrected chi connectivity index (χ2v) is 6.57. The van der Waals surface area contributed by atoms with Gasteiger partial charge in [-0.3, -0.25) is 4.79 Å². The zero-order chi connectivity index (χ0) is 14.8. The Bertz CT molecular complexity index is 646. The fraction of sp³-hybridized carbons (Fsp3) is 0.462. The molecule has 0 aliphatic carbocycles. The van der Waals surface area contributed by atoms with Crippen molar-refractivity contribution in [3.63, 3.8) is 0 Å². The maximum atomic E-state index is 11.1. The molecule has 1 amide bonds. The van der Waals surface area contributed by atoms with E-state index in [0.29, 0.717) is 5.13 Å². The first kappa shape index (κ1) is 14.4. The van der Waals surface area contributed by atoms with Crippen molar-refractivity contribution in [1.29, 1.82) is 0 Å². The lowest BCUT2D eigenvalue weighted by Gasteiger charge is -2.25. The summed E-state index contributed by atoms with van der Waals surface area (Å²) in [6.07, 6.45) is 0. The number of carbonyl (C=O) groups excluding carboxylic acids is 1. The summed E-state index contributed by atoms with van der Waals surface area (Å²) in [6, 6.07) is 0. The van der Waals surface area contributed by atoms with E-state index in [1.807, 2.05) is 12.3 Å². The van der Waals surface area contributed by atoms with E-state index in [0.717, 1.165) is 47.7 Å². The minimum Gasteiger partial charge on any atom is -0.378 e. The zero-order valence-corrected chi connectivity index (χ0v) is 13.5. The van der Waals surface area contributed by atoms with Gasteiger partial charge in [-0.05, 0) is 6.92 Å². The average molecular weight is 324 g/mol. The number of anilines is 2. The Morgan fingerprint density at radius 1 is 1.38 bits per heavy atom. The minimum atomic E-state index is -0.109. The standard InChI is InChI=1S/C13H16N4O2S2/c1-8-11(21-12(14-8)15-9(2)18)10-7-20-13(16-10)17-3-5-19-6-4-17/h7H,3-6H2,1-2H3,(H,14,15,18). The lowest BCUT2D eigenvalue weighted by Crippen LogP contribution is -2.36. The van der Waals surface area contributed by atoms with Gasteiger partial charge in [-0.1, -0.05) is 11.3 Å². The summed E-state index contributed by atoms with van der Waals surface area (Å²) >= 11 is 3.09. The first-order valence-corrected chi connectivity index (χ1v) is 8.36. The molecule has 1 aliphatic rings. The van der Waals surface area contributed by atoms with Crippen molar-refractivity contribution in [2.75, 3.05) is 36.5 Å². The first-order valence-electron chi connectivity index (χ1n) is 6.67. The van der Waals surface area contributed by atoms with Crippen LogP contribution in [0.5, 0.6) is 0 Å². The Labute approximate surface area is 130 Å². The topological polar surface area (TPSA) is 67.4 Å². The molecular formula is C13H16N4O2S2. The quantitative estimate of drug-likeness (QED) is 0.939. The number of nitrogens with one attached hydrogen (secondary N) is 1. The van der Waals surface area contributed by atoms with Crippen LogP contribution in [0.2, 0.25) is 0 Å². The number of aryl methyl sites for hydroxylation is 1. The highest BCUT2D eigenvalue weighted by molar-refractivity contribution is 7.19. The zero-order valence-electron chi connectivity index (χ0n) is 11.9. The number of aromatic nitrogens is 2. The van der Waals surface area contributed by atoms with E-state index in [-0.39, 0.29) is 5.91 Å². The van der Waals surface area contributed by atoms with Crippen molar-refractivity contribution in [2.24, 2.45) is 0 Å². The Hall–Kier alpha value is -1.51. The molecule has 1 aliphatic heterocycles. The molecule has 0 saturated carbocycles. The Kier molecular flexibility index (Phi) is 4.18. The number of nitrogens with zero attached hydrogens (tertiary/aromatic N) is 3. The fourth-order valence-electron chi connectivity index (χ4n) is 2.11. The summed E-state index contributed by atoms with van der Waals surface area (Å²) < 4.78 is 5.36. The van der Waals surface area contributed by atoms with Crippen LogP contribution in [-0.2, 0) is 9.53 Å². The number of amides is 1. The molecule has 0 atom stereocenters. The van der Waals surface area contributed by atoms with Gasteiger partial charge in [0.2, 0.25) is 5.91 Å². The molecule has 6 nitrogen and oxygen atoms in total. The average Bonchev–Trinajstić information content (AvgIpc) is 3.06. The van der Waals surface area contributed by atoms with E-state index in [4.69, 9.17) is 9.72 Å². The monoisotopic (exact) mass is 324 g/mol. The van der Waals surface area contributed by atoms with Gasteiger partial charge in [0, 0.05) is 25.4 Å². The molecule has 1 saturated heterocycles. The van der Waals surface area contributed by atoms with E-state index in [1.54, 1.807) is 11.3 Å². The minimum absolute atomic E-state index is 0.109. The summed E-state index contributed by atoms with van der Waals surface area (Å²) in [5, 5.41) is 6.40. The second kappa shape index (κ2) is 6.08. The molecule has 2 aromatic rings. The van der Waals surface area contributed by atoms with Gasteiger partial charge in [0.1, 0.15) is 0 Å². The van der Waals surface area contributed by atoms with Gasteiger partial charge in [-0.15, -0.1) is 11.3 Å². The first-order chi connectivity index (χ1) is 10.1. The molecule has 0 bridgehead atoms. The molecule has 0 unspecified atom stereocenters. The lowest BCUT2D eigenvalue weighted by atomic mass is 10.3. The van der Waals surface area contributed by atoms with Crippen molar-refractivity contribution in [3.05, 3.63) is 11.1 Å². The normalized spacial score (nSPS) is 15.2. The molecule has 21 heavy (non-hydrogen) atoms. The molecule has 0 spiro atoms. The molecule has 8 heteroatoms. The SMILES string of the molecule is CC(=O)Nc1nc(C)c(-c2csc(N3CCOCC3)n2)s1. The predicted octanol–water partition coefficient (Wildman–Crippen LogP) is 2.37. The van der Waals surface area contributed by atoms with Gasteiger partial charge < -0.3 is 15.0 Å². The Balaban J connectivity index is 1.82. The Morgan fingerprint density at radius 3 is 2.86 bits per heavy atom. The summed E-state index contributed by atoms with van der Waals surface area (Å²) in [6.45, 7) is 6.68. The number of carbonyl (C=O) groups is 1. The van der Waals surface area contributed by atoms with Crippen LogP contribution in [-0.4, -0.2) is 42.2 Å². The van der Waals surface area contributed by atoms with E-state index < -0.39 is 0 Å². The number of morpholine rings is 1. The maximum Gasteiger partial charge on any atom is 0.223 e. The molecule has 0 radical (unpaired) electrons. The smallest absolute Gasteiger partial charge is 0.223 e. The summed E-state index contributed by atoms with van der Waals surface area (Å²) in [5.41, 5.74) is 1.82. The molecule has 112 valence electrons. The highest BCUT2D eigenvalue weighted by atomic mass is 32.1. The van der Waals surface area contributed by atoms with Crippen LogP contribution in [0.25, 0.3) is 10.6 Å². The van der Waals surface area contributed by atoms with Crippen LogP contribution in [0.15, 0.2) is 5.38 Å². The number of rotatable bonds is 3. The summed E-state index contributed by atoms with van der Waals surface area (Å²) in [5.74, 6) is -0.109. The molecule has 0 aromatic carbocycles. The highest BCUT2D eigenvalue weighted by Crippen LogP contribution is 2.35. The van der Waals surface area contributed by atoms with Crippen LogP contribution in [0, 0.1) is 6.92 Å². The molecule has 1 N–H and O–H groups in total. The third kappa shape index (κ3) is 3.22.